The molecule has 7 nitrogen and oxygen atoms in total. The standard InChI is InChI=1S/C17H19N7/c1-23(2)7-8-24-10-13-12-4-3-11(14-5-6-19-21-14)9-15(12)20-17(18)16(13)22-24/h3-6,9-10H,7-8H2,1-2H3,(H2,18,20)(H,19,21). The molecular weight excluding hydrogens is 302 g/mol. The van der Waals surface area contributed by atoms with Crippen molar-refractivity contribution in [2.75, 3.05) is 26.4 Å². The molecule has 0 aliphatic heterocycles. The summed E-state index contributed by atoms with van der Waals surface area (Å²) in [6.07, 6.45) is 3.79. The highest BCUT2D eigenvalue weighted by molar-refractivity contribution is 6.08. The number of fused-ring (bicyclic) bond motifs is 3. The van der Waals surface area contributed by atoms with Crippen LogP contribution in [0.3, 0.4) is 0 Å². The molecule has 24 heavy (non-hydrogen) atoms. The molecule has 0 amide bonds. The zero-order valence-electron chi connectivity index (χ0n) is 13.7. The van der Waals surface area contributed by atoms with Gasteiger partial charge in [-0.05, 0) is 26.2 Å². The van der Waals surface area contributed by atoms with Crippen LogP contribution in [0, 0.1) is 0 Å². The Bertz CT molecular complexity index is 999. The minimum atomic E-state index is 0.461. The number of hydrogen-bond donors (Lipinski definition) is 2. The van der Waals surface area contributed by atoms with Gasteiger partial charge in [0, 0.05) is 35.3 Å². The minimum Gasteiger partial charge on any atom is -0.382 e. The molecule has 4 rings (SSSR count). The predicted molar refractivity (Wildman–Crippen MR) is 95.6 cm³/mol. The van der Waals surface area contributed by atoms with Crippen molar-refractivity contribution >= 4 is 27.6 Å². The number of benzene rings is 1. The van der Waals surface area contributed by atoms with Gasteiger partial charge in [0.1, 0.15) is 5.52 Å². The fraction of sp³-hybridized carbons (Fsp3) is 0.235. The van der Waals surface area contributed by atoms with Gasteiger partial charge >= 0.3 is 0 Å². The molecule has 122 valence electrons. The zero-order valence-corrected chi connectivity index (χ0v) is 13.7. The van der Waals surface area contributed by atoms with Crippen LogP contribution in [0.4, 0.5) is 5.82 Å². The van der Waals surface area contributed by atoms with Crippen molar-refractivity contribution in [1.29, 1.82) is 0 Å². The van der Waals surface area contributed by atoms with Gasteiger partial charge in [0.05, 0.1) is 17.8 Å². The first-order chi connectivity index (χ1) is 11.6. The van der Waals surface area contributed by atoms with Gasteiger partial charge in [-0.3, -0.25) is 9.78 Å². The molecule has 3 N–H and O–H groups in total. The molecular formula is C17H19N7. The third kappa shape index (κ3) is 2.48. The van der Waals surface area contributed by atoms with E-state index in [2.05, 4.69) is 43.5 Å². The minimum absolute atomic E-state index is 0.461. The molecule has 3 heterocycles. The summed E-state index contributed by atoms with van der Waals surface area (Å²) < 4.78 is 1.94. The van der Waals surface area contributed by atoms with E-state index in [1.54, 1.807) is 6.20 Å². The SMILES string of the molecule is CN(C)CCn1cc2c(n1)c(N)nc1cc(-c3ccn[nH]3)ccc12. The first-order valence-electron chi connectivity index (χ1n) is 7.83. The molecule has 0 spiro atoms. The maximum atomic E-state index is 6.14. The second kappa shape index (κ2) is 5.61. The molecule has 0 aliphatic rings. The average molecular weight is 321 g/mol. The van der Waals surface area contributed by atoms with E-state index in [1.807, 2.05) is 30.9 Å². The normalized spacial score (nSPS) is 11.8. The number of anilines is 1. The molecule has 4 aromatic rings. The average Bonchev–Trinajstić information content (AvgIpc) is 3.22. The maximum Gasteiger partial charge on any atom is 0.152 e. The Morgan fingerprint density at radius 3 is 2.83 bits per heavy atom. The van der Waals surface area contributed by atoms with Crippen LogP contribution < -0.4 is 5.73 Å². The zero-order chi connectivity index (χ0) is 16.7. The summed E-state index contributed by atoms with van der Waals surface area (Å²) in [4.78, 5) is 6.67. The number of aromatic amines is 1. The lowest BCUT2D eigenvalue weighted by atomic mass is 10.1. The molecule has 0 saturated heterocycles. The molecule has 0 fully saturated rings. The molecule has 1 aromatic carbocycles. The number of nitrogens with two attached hydrogens (primary N) is 1. The van der Waals surface area contributed by atoms with E-state index < -0.39 is 0 Å². The van der Waals surface area contributed by atoms with Crippen molar-refractivity contribution in [3.8, 4) is 11.3 Å². The predicted octanol–water partition coefficient (Wildman–Crippen LogP) is 2.12. The van der Waals surface area contributed by atoms with Gasteiger partial charge in [-0.2, -0.15) is 10.2 Å². The van der Waals surface area contributed by atoms with Gasteiger partial charge in [-0.15, -0.1) is 0 Å². The first-order valence-corrected chi connectivity index (χ1v) is 7.83. The van der Waals surface area contributed by atoms with Crippen LogP contribution in [0.15, 0.2) is 36.7 Å². The van der Waals surface area contributed by atoms with E-state index in [9.17, 15) is 0 Å². The third-order valence-corrected chi connectivity index (χ3v) is 4.12. The number of nitrogen functional groups attached to an aromatic ring is 1. The number of pyridine rings is 1. The molecule has 0 aliphatic carbocycles. The highest BCUT2D eigenvalue weighted by Gasteiger charge is 2.12. The summed E-state index contributed by atoms with van der Waals surface area (Å²) >= 11 is 0. The van der Waals surface area contributed by atoms with Gasteiger partial charge in [0.2, 0.25) is 0 Å². The Morgan fingerprint density at radius 2 is 2.08 bits per heavy atom. The Kier molecular flexibility index (Phi) is 3.42. The smallest absolute Gasteiger partial charge is 0.152 e. The molecule has 0 bridgehead atoms. The summed E-state index contributed by atoms with van der Waals surface area (Å²) in [7, 11) is 4.09. The van der Waals surface area contributed by atoms with Gasteiger partial charge in [0.15, 0.2) is 5.82 Å². The van der Waals surface area contributed by atoms with Gasteiger partial charge in [-0.25, -0.2) is 4.98 Å². The number of likely N-dealkylation sites (N-methyl/N-ethyl adjacent to an activating group) is 1. The highest BCUT2D eigenvalue weighted by atomic mass is 15.3. The summed E-state index contributed by atoms with van der Waals surface area (Å²) in [5, 5.41) is 13.6. The summed E-state index contributed by atoms with van der Waals surface area (Å²) in [5.41, 5.74) is 9.75. The molecule has 7 heteroatoms. The van der Waals surface area contributed by atoms with Gasteiger partial charge in [0.25, 0.3) is 0 Å². The molecule has 0 radical (unpaired) electrons. The van der Waals surface area contributed by atoms with Crippen molar-refractivity contribution in [1.82, 2.24) is 29.9 Å². The van der Waals surface area contributed by atoms with Crippen molar-refractivity contribution < 1.29 is 0 Å². The quantitative estimate of drug-likeness (QED) is 0.601. The summed E-state index contributed by atoms with van der Waals surface area (Å²) in [6.45, 7) is 1.73. The van der Waals surface area contributed by atoms with Crippen molar-refractivity contribution in [3.05, 3.63) is 36.7 Å². The number of rotatable bonds is 4. The number of aromatic nitrogens is 5. The highest BCUT2D eigenvalue weighted by Crippen LogP contribution is 2.29. The number of H-pyrrole nitrogens is 1. The van der Waals surface area contributed by atoms with E-state index in [1.165, 1.54) is 0 Å². The van der Waals surface area contributed by atoms with Crippen LogP contribution in [-0.4, -0.2) is 50.5 Å². The lowest BCUT2D eigenvalue weighted by Crippen LogP contribution is -2.18. The lowest BCUT2D eigenvalue weighted by molar-refractivity contribution is 0.374. The largest absolute Gasteiger partial charge is 0.382 e. The van der Waals surface area contributed by atoms with Gasteiger partial charge in [-0.1, -0.05) is 12.1 Å². The third-order valence-electron chi connectivity index (χ3n) is 4.12. The van der Waals surface area contributed by atoms with Crippen LogP contribution >= 0.6 is 0 Å². The Morgan fingerprint density at radius 1 is 1.21 bits per heavy atom. The number of hydrogen-bond acceptors (Lipinski definition) is 5. The Labute approximate surface area is 139 Å². The van der Waals surface area contributed by atoms with E-state index in [0.29, 0.717) is 5.82 Å². The Hall–Kier alpha value is -2.93. The van der Waals surface area contributed by atoms with Crippen molar-refractivity contribution in [2.45, 2.75) is 6.54 Å². The van der Waals surface area contributed by atoms with Crippen molar-refractivity contribution in [2.24, 2.45) is 0 Å². The Balaban J connectivity index is 1.84. The molecule has 3 aromatic heterocycles. The monoisotopic (exact) mass is 321 g/mol. The first kappa shape index (κ1) is 14.6. The second-order valence-electron chi connectivity index (χ2n) is 6.16. The van der Waals surface area contributed by atoms with Crippen LogP contribution in [0.1, 0.15) is 0 Å². The van der Waals surface area contributed by atoms with Crippen LogP contribution in [0.25, 0.3) is 33.1 Å². The second-order valence-corrected chi connectivity index (χ2v) is 6.16. The maximum absolute atomic E-state index is 6.14. The molecule has 0 atom stereocenters. The van der Waals surface area contributed by atoms with Gasteiger partial charge < -0.3 is 10.6 Å². The summed E-state index contributed by atoms with van der Waals surface area (Å²) in [5.74, 6) is 0.461. The lowest BCUT2D eigenvalue weighted by Gasteiger charge is -2.08. The van der Waals surface area contributed by atoms with Crippen LogP contribution in [-0.2, 0) is 6.54 Å². The van der Waals surface area contributed by atoms with E-state index in [0.717, 1.165) is 46.2 Å². The van der Waals surface area contributed by atoms with Crippen molar-refractivity contribution in [3.63, 3.8) is 0 Å². The number of nitrogens with zero attached hydrogens (tertiary/aromatic N) is 5. The fourth-order valence-electron chi connectivity index (χ4n) is 2.84. The van der Waals surface area contributed by atoms with E-state index in [4.69, 9.17) is 5.73 Å². The molecule has 0 saturated carbocycles. The van der Waals surface area contributed by atoms with Crippen LogP contribution in [0.2, 0.25) is 0 Å². The fourth-order valence-corrected chi connectivity index (χ4v) is 2.84. The number of nitrogens with one attached hydrogen (secondary N) is 1. The van der Waals surface area contributed by atoms with E-state index >= 15 is 0 Å². The molecule has 0 unspecified atom stereocenters. The van der Waals surface area contributed by atoms with Crippen LogP contribution in [0.5, 0.6) is 0 Å². The van der Waals surface area contributed by atoms with E-state index in [-0.39, 0.29) is 0 Å². The summed E-state index contributed by atoms with van der Waals surface area (Å²) in [6, 6.07) is 8.08. The topological polar surface area (TPSA) is 88.7 Å².